The Bertz CT molecular complexity index is 466. The second kappa shape index (κ2) is 5.58. The van der Waals surface area contributed by atoms with Crippen molar-refractivity contribution in [3.8, 4) is 11.5 Å². The van der Waals surface area contributed by atoms with Crippen LogP contribution in [0.2, 0.25) is 0 Å². The lowest BCUT2D eigenvalue weighted by Crippen LogP contribution is -2.20. The quantitative estimate of drug-likeness (QED) is 0.830. The van der Waals surface area contributed by atoms with Crippen molar-refractivity contribution in [3.63, 3.8) is 0 Å². The first-order valence-corrected chi connectivity index (χ1v) is 5.99. The van der Waals surface area contributed by atoms with Crippen molar-refractivity contribution in [2.45, 2.75) is 20.4 Å². The van der Waals surface area contributed by atoms with Gasteiger partial charge in [-0.2, -0.15) is 0 Å². The SMILES string of the molecule is CC(C)/C=C/C(=O)NCc1ccc2c(c1)OCO2. The van der Waals surface area contributed by atoms with Crippen molar-refractivity contribution in [3.05, 3.63) is 35.9 Å². The summed E-state index contributed by atoms with van der Waals surface area (Å²) >= 11 is 0. The molecule has 1 heterocycles. The molecule has 1 aromatic rings. The van der Waals surface area contributed by atoms with Gasteiger partial charge >= 0.3 is 0 Å². The zero-order valence-electron chi connectivity index (χ0n) is 10.6. The Morgan fingerprint density at radius 2 is 2.17 bits per heavy atom. The van der Waals surface area contributed by atoms with E-state index in [-0.39, 0.29) is 12.7 Å². The van der Waals surface area contributed by atoms with Gasteiger partial charge in [-0.15, -0.1) is 0 Å². The van der Waals surface area contributed by atoms with Crippen LogP contribution in [-0.4, -0.2) is 12.7 Å². The van der Waals surface area contributed by atoms with Gasteiger partial charge in [-0.1, -0.05) is 26.0 Å². The Kier molecular flexibility index (Phi) is 3.87. The largest absolute Gasteiger partial charge is 0.454 e. The third kappa shape index (κ3) is 3.26. The molecular formula is C14H17NO3. The van der Waals surface area contributed by atoms with Crippen molar-refractivity contribution < 1.29 is 14.3 Å². The zero-order chi connectivity index (χ0) is 13.0. The lowest BCUT2D eigenvalue weighted by atomic mass is 10.2. The molecule has 0 saturated carbocycles. The number of amides is 1. The number of nitrogens with one attached hydrogen (secondary N) is 1. The molecule has 96 valence electrons. The molecule has 1 aliphatic heterocycles. The number of hydrogen-bond donors (Lipinski definition) is 1. The van der Waals surface area contributed by atoms with Gasteiger partial charge in [0.1, 0.15) is 0 Å². The normalized spacial score (nSPS) is 13.3. The molecule has 0 fully saturated rings. The minimum absolute atomic E-state index is 0.0821. The molecule has 18 heavy (non-hydrogen) atoms. The van der Waals surface area contributed by atoms with Crippen LogP contribution >= 0.6 is 0 Å². The van der Waals surface area contributed by atoms with Crippen LogP contribution in [0.3, 0.4) is 0 Å². The number of carbonyl (C=O) groups excluding carboxylic acids is 1. The summed E-state index contributed by atoms with van der Waals surface area (Å²) in [6.45, 7) is 4.81. The van der Waals surface area contributed by atoms with Crippen molar-refractivity contribution >= 4 is 5.91 Å². The second-order valence-electron chi connectivity index (χ2n) is 4.51. The first-order valence-electron chi connectivity index (χ1n) is 5.99. The monoisotopic (exact) mass is 247 g/mol. The molecule has 1 N–H and O–H groups in total. The summed E-state index contributed by atoms with van der Waals surface area (Å²) in [6.07, 6.45) is 3.44. The smallest absolute Gasteiger partial charge is 0.243 e. The number of benzene rings is 1. The summed E-state index contributed by atoms with van der Waals surface area (Å²) in [5, 5.41) is 2.82. The predicted octanol–water partition coefficient (Wildman–Crippen LogP) is 2.24. The van der Waals surface area contributed by atoms with E-state index in [4.69, 9.17) is 9.47 Å². The number of hydrogen-bond acceptors (Lipinski definition) is 3. The standard InChI is InChI=1S/C14H17NO3/c1-10(2)3-6-14(16)15-8-11-4-5-12-13(7-11)18-9-17-12/h3-7,10H,8-9H2,1-2H3,(H,15,16)/b6-3+. The maximum atomic E-state index is 11.5. The van der Waals surface area contributed by atoms with Gasteiger partial charge in [-0.25, -0.2) is 0 Å². The number of carbonyl (C=O) groups is 1. The van der Waals surface area contributed by atoms with Gasteiger partial charge in [0, 0.05) is 6.54 Å². The van der Waals surface area contributed by atoms with Gasteiger partial charge in [0.15, 0.2) is 11.5 Å². The lowest BCUT2D eigenvalue weighted by molar-refractivity contribution is -0.116. The molecule has 0 aliphatic carbocycles. The van der Waals surface area contributed by atoms with E-state index in [2.05, 4.69) is 5.32 Å². The Morgan fingerprint density at radius 1 is 1.39 bits per heavy atom. The minimum Gasteiger partial charge on any atom is -0.454 e. The number of rotatable bonds is 4. The Morgan fingerprint density at radius 3 is 2.94 bits per heavy atom. The summed E-state index contributed by atoms with van der Waals surface area (Å²) in [7, 11) is 0. The highest BCUT2D eigenvalue weighted by Gasteiger charge is 2.12. The van der Waals surface area contributed by atoms with Gasteiger partial charge in [-0.05, 0) is 29.7 Å². The van der Waals surface area contributed by atoms with Crippen molar-refractivity contribution in [2.75, 3.05) is 6.79 Å². The van der Waals surface area contributed by atoms with E-state index in [0.717, 1.165) is 17.1 Å². The fourth-order valence-electron chi connectivity index (χ4n) is 1.58. The topological polar surface area (TPSA) is 47.6 Å². The Balaban J connectivity index is 1.89. The molecule has 0 atom stereocenters. The summed E-state index contributed by atoms with van der Waals surface area (Å²) < 4.78 is 10.5. The first kappa shape index (κ1) is 12.5. The van der Waals surface area contributed by atoms with Crippen LogP contribution in [0.1, 0.15) is 19.4 Å². The van der Waals surface area contributed by atoms with Gasteiger partial charge in [-0.3, -0.25) is 4.79 Å². The van der Waals surface area contributed by atoms with Crippen LogP contribution in [0.25, 0.3) is 0 Å². The number of allylic oxidation sites excluding steroid dienone is 1. The fourth-order valence-corrected chi connectivity index (χ4v) is 1.58. The maximum absolute atomic E-state index is 11.5. The third-order valence-electron chi connectivity index (χ3n) is 2.54. The lowest BCUT2D eigenvalue weighted by Gasteiger charge is -2.04. The predicted molar refractivity (Wildman–Crippen MR) is 68.4 cm³/mol. The molecule has 4 heteroatoms. The molecule has 4 nitrogen and oxygen atoms in total. The van der Waals surface area contributed by atoms with E-state index in [1.165, 1.54) is 0 Å². The van der Waals surface area contributed by atoms with Crippen LogP contribution < -0.4 is 14.8 Å². The van der Waals surface area contributed by atoms with Crippen LogP contribution in [-0.2, 0) is 11.3 Å². The minimum atomic E-state index is -0.0821. The van der Waals surface area contributed by atoms with E-state index in [0.29, 0.717) is 12.5 Å². The number of fused-ring (bicyclic) bond motifs is 1. The van der Waals surface area contributed by atoms with Gasteiger partial charge in [0.2, 0.25) is 12.7 Å². The molecule has 1 aliphatic rings. The molecule has 1 amide bonds. The second-order valence-corrected chi connectivity index (χ2v) is 4.51. The summed E-state index contributed by atoms with van der Waals surface area (Å²) in [5.74, 6) is 1.78. The van der Waals surface area contributed by atoms with Crippen LogP contribution in [0.15, 0.2) is 30.4 Å². The van der Waals surface area contributed by atoms with Crippen molar-refractivity contribution in [1.29, 1.82) is 0 Å². The van der Waals surface area contributed by atoms with E-state index < -0.39 is 0 Å². The number of ether oxygens (including phenoxy) is 2. The van der Waals surface area contributed by atoms with Gasteiger partial charge < -0.3 is 14.8 Å². The molecule has 0 spiro atoms. The Labute approximate surface area is 107 Å². The first-order chi connectivity index (χ1) is 8.65. The Hall–Kier alpha value is -1.97. The fraction of sp³-hybridized carbons (Fsp3) is 0.357. The molecule has 1 aromatic carbocycles. The molecular weight excluding hydrogens is 230 g/mol. The third-order valence-corrected chi connectivity index (χ3v) is 2.54. The summed E-state index contributed by atoms with van der Waals surface area (Å²) in [4.78, 5) is 11.5. The highest BCUT2D eigenvalue weighted by Crippen LogP contribution is 2.32. The molecule has 0 unspecified atom stereocenters. The summed E-state index contributed by atoms with van der Waals surface area (Å²) in [6, 6.07) is 5.66. The van der Waals surface area contributed by atoms with Crippen molar-refractivity contribution in [1.82, 2.24) is 5.32 Å². The van der Waals surface area contributed by atoms with Gasteiger partial charge in [0.25, 0.3) is 0 Å². The van der Waals surface area contributed by atoms with E-state index in [1.54, 1.807) is 6.08 Å². The van der Waals surface area contributed by atoms with Crippen LogP contribution in [0, 0.1) is 5.92 Å². The van der Waals surface area contributed by atoms with Crippen LogP contribution in [0.5, 0.6) is 11.5 Å². The van der Waals surface area contributed by atoms with Crippen molar-refractivity contribution in [2.24, 2.45) is 5.92 Å². The van der Waals surface area contributed by atoms with Crippen LogP contribution in [0.4, 0.5) is 0 Å². The molecule has 0 saturated heterocycles. The molecule has 2 rings (SSSR count). The van der Waals surface area contributed by atoms with E-state index >= 15 is 0 Å². The molecule has 0 bridgehead atoms. The highest BCUT2D eigenvalue weighted by atomic mass is 16.7. The average Bonchev–Trinajstić information content (AvgIpc) is 2.81. The zero-order valence-corrected chi connectivity index (χ0v) is 10.6. The van der Waals surface area contributed by atoms with E-state index in [9.17, 15) is 4.79 Å². The maximum Gasteiger partial charge on any atom is 0.243 e. The van der Waals surface area contributed by atoms with Gasteiger partial charge in [0.05, 0.1) is 0 Å². The average molecular weight is 247 g/mol. The summed E-state index contributed by atoms with van der Waals surface area (Å²) in [5.41, 5.74) is 0.991. The van der Waals surface area contributed by atoms with E-state index in [1.807, 2.05) is 38.1 Å². The molecule has 0 aromatic heterocycles. The molecule has 0 radical (unpaired) electrons. The highest BCUT2D eigenvalue weighted by molar-refractivity contribution is 5.87.